The molecule has 1 N–H and O–H groups in total. The molecule has 0 saturated carbocycles. The van der Waals surface area contributed by atoms with Gasteiger partial charge in [-0.2, -0.15) is 0 Å². The number of thiophene rings is 1. The second-order valence-electron chi connectivity index (χ2n) is 5.43. The molecule has 112 valence electrons. The fourth-order valence-electron chi connectivity index (χ4n) is 2.43. The molecule has 1 amide bonds. The fourth-order valence-corrected chi connectivity index (χ4v) is 3.38. The highest BCUT2D eigenvalue weighted by Crippen LogP contribution is 2.30. The van der Waals surface area contributed by atoms with Crippen LogP contribution in [0.4, 0.5) is 0 Å². The summed E-state index contributed by atoms with van der Waals surface area (Å²) in [7, 11) is 0. The van der Waals surface area contributed by atoms with Gasteiger partial charge < -0.3 is 9.64 Å². The molecule has 0 radical (unpaired) electrons. The van der Waals surface area contributed by atoms with Crippen molar-refractivity contribution in [3.63, 3.8) is 0 Å². The van der Waals surface area contributed by atoms with Crippen LogP contribution in [0.15, 0.2) is 12.1 Å². The third kappa shape index (κ3) is 3.40. The van der Waals surface area contributed by atoms with Crippen molar-refractivity contribution in [2.75, 3.05) is 13.2 Å². The summed E-state index contributed by atoms with van der Waals surface area (Å²) in [6.07, 6.45) is 1.02. The van der Waals surface area contributed by atoms with E-state index in [-0.39, 0.29) is 24.2 Å². The largest absolute Gasteiger partial charge is 0.377 e. The number of nitrogens with zero attached hydrogens (tertiary/aromatic N) is 1. The Morgan fingerprint density at radius 3 is 2.75 bits per heavy atom. The Labute approximate surface area is 125 Å². The summed E-state index contributed by atoms with van der Waals surface area (Å²) in [5.74, 6) is 0.191. The number of hydrogen-bond donors (Lipinski definition) is 1. The molecule has 1 aromatic heterocycles. The van der Waals surface area contributed by atoms with Gasteiger partial charge in [0.05, 0.1) is 18.8 Å². The summed E-state index contributed by atoms with van der Waals surface area (Å²) in [4.78, 5) is 16.8. The van der Waals surface area contributed by atoms with Crippen molar-refractivity contribution in [1.29, 1.82) is 0 Å². The Bertz CT molecular complexity index is 458. The number of ether oxygens (including phenoxy) is 1. The van der Waals surface area contributed by atoms with E-state index in [1.807, 2.05) is 25.7 Å². The van der Waals surface area contributed by atoms with Gasteiger partial charge in [0, 0.05) is 16.3 Å². The summed E-state index contributed by atoms with van der Waals surface area (Å²) in [5, 5.41) is 3.44. The van der Waals surface area contributed by atoms with Gasteiger partial charge in [-0.05, 0) is 39.3 Å². The molecule has 0 aliphatic carbocycles. The third-order valence-corrected chi connectivity index (χ3v) is 4.53. The van der Waals surface area contributed by atoms with Crippen LogP contribution in [0.2, 0.25) is 0 Å². The lowest BCUT2D eigenvalue weighted by molar-refractivity contribution is -0.131. The normalized spacial score (nSPS) is 23.1. The zero-order valence-corrected chi connectivity index (χ0v) is 13.5. The molecule has 1 aliphatic heterocycles. The number of hydrogen-bond acceptors (Lipinski definition) is 4. The highest BCUT2D eigenvalue weighted by atomic mass is 32.1. The molecule has 4 nitrogen and oxygen atoms in total. The fraction of sp³-hybridized carbons (Fsp3) is 0.667. The van der Waals surface area contributed by atoms with Crippen LogP contribution in [0.25, 0.3) is 0 Å². The molecule has 1 aliphatic rings. The van der Waals surface area contributed by atoms with Crippen LogP contribution in [-0.4, -0.2) is 36.1 Å². The van der Waals surface area contributed by atoms with Crippen molar-refractivity contribution < 1.29 is 9.53 Å². The van der Waals surface area contributed by atoms with E-state index in [9.17, 15) is 4.79 Å². The summed E-state index contributed by atoms with van der Waals surface area (Å²) in [5.41, 5.74) is 0. The van der Waals surface area contributed by atoms with Gasteiger partial charge in [-0.25, -0.2) is 0 Å². The maximum atomic E-state index is 12.4. The monoisotopic (exact) mass is 296 g/mol. The summed E-state index contributed by atoms with van der Waals surface area (Å²) >= 11 is 1.75. The minimum absolute atomic E-state index is 0.00177. The van der Waals surface area contributed by atoms with Crippen molar-refractivity contribution in [2.45, 2.75) is 52.4 Å². The lowest BCUT2D eigenvalue weighted by Gasteiger charge is -2.23. The van der Waals surface area contributed by atoms with Crippen molar-refractivity contribution >= 4 is 17.2 Å². The smallest absolute Gasteiger partial charge is 0.241 e. The lowest BCUT2D eigenvalue weighted by atomic mass is 10.2. The lowest BCUT2D eigenvalue weighted by Crippen LogP contribution is -2.34. The zero-order chi connectivity index (χ0) is 14.7. The minimum atomic E-state index is -0.0681. The standard InChI is InChI=1S/C15H24N2O2S/c1-5-12-15(18)17(8-9-19-10(2)3)14(16-12)13-7-6-11(4)20-13/h6-7,10,12,14,16H,5,8-9H2,1-4H3. The van der Waals surface area contributed by atoms with E-state index >= 15 is 0 Å². The van der Waals surface area contributed by atoms with Crippen molar-refractivity contribution in [2.24, 2.45) is 0 Å². The molecule has 20 heavy (non-hydrogen) atoms. The van der Waals surface area contributed by atoms with Gasteiger partial charge in [0.15, 0.2) is 0 Å². The molecular formula is C15H24N2O2S. The van der Waals surface area contributed by atoms with E-state index in [0.29, 0.717) is 13.2 Å². The van der Waals surface area contributed by atoms with Crippen LogP contribution < -0.4 is 5.32 Å². The van der Waals surface area contributed by atoms with E-state index in [4.69, 9.17) is 4.74 Å². The first kappa shape index (κ1) is 15.5. The van der Waals surface area contributed by atoms with Crippen LogP contribution in [0, 0.1) is 6.92 Å². The third-order valence-electron chi connectivity index (χ3n) is 3.47. The molecule has 2 rings (SSSR count). The van der Waals surface area contributed by atoms with Gasteiger partial charge in [0.2, 0.25) is 5.91 Å². The topological polar surface area (TPSA) is 41.6 Å². The first-order valence-electron chi connectivity index (χ1n) is 7.27. The Morgan fingerprint density at radius 2 is 2.20 bits per heavy atom. The second kappa shape index (κ2) is 6.70. The Balaban J connectivity index is 2.09. The van der Waals surface area contributed by atoms with Crippen LogP contribution >= 0.6 is 11.3 Å². The van der Waals surface area contributed by atoms with E-state index in [1.54, 1.807) is 11.3 Å². The van der Waals surface area contributed by atoms with Crippen LogP contribution in [-0.2, 0) is 9.53 Å². The maximum absolute atomic E-state index is 12.4. The number of carbonyl (C=O) groups excluding carboxylic acids is 1. The number of nitrogens with one attached hydrogen (secondary N) is 1. The number of rotatable bonds is 6. The zero-order valence-electron chi connectivity index (χ0n) is 12.7. The predicted octanol–water partition coefficient (Wildman–Crippen LogP) is 2.69. The number of carbonyl (C=O) groups is 1. The molecule has 1 aromatic rings. The van der Waals surface area contributed by atoms with Gasteiger partial charge in [-0.3, -0.25) is 10.1 Å². The molecule has 0 bridgehead atoms. The van der Waals surface area contributed by atoms with Crippen LogP contribution in [0.5, 0.6) is 0 Å². The molecule has 1 saturated heterocycles. The molecule has 2 atom stereocenters. The quantitative estimate of drug-likeness (QED) is 0.877. The van der Waals surface area contributed by atoms with E-state index in [1.165, 1.54) is 9.75 Å². The van der Waals surface area contributed by atoms with Gasteiger partial charge in [0.25, 0.3) is 0 Å². The summed E-state index contributed by atoms with van der Waals surface area (Å²) < 4.78 is 5.59. The summed E-state index contributed by atoms with van der Waals surface area (Å²) in [6.45, 7) is 9.39. The molecule has 2 unspecified atom stereocenters. The Hall–Kier alpha value is -0.910. The number of amides is 1. The van der Waals surface area contributed by atoms with Gasteiger partial charge in [0.1, 0.15) is 6.17 Å². The second-order valence-corrected chi connectivity index (χ2v) is 6.75. The van der Waals surface area contributed by atoms with Crippen molar-refractivity contribution in [3.8, 4) is 0 Å². The van der Waals surface area contributed by atoms with Crippen LogP contribution in [0.3, 0.4) is 0 Å². The first-order chi connectivity index (χ1) is 9.52. The van der Waals surface area contributed by atoms with Gasteiger partial charge >= 0.3 is 0 Å². The van der Waals surface area contributed by atoms with E-state index < -0.39 is 0 Å². The number of aryl methyl sites for hydroxylation is 1. The molecule has 0 spiro atoms. The SMILES string of the molecule is CCC1NC(c2ccc(C)s2)N(CCOC(C)C)C1=O. The van der Waals surface area contributed by atoms with E-state index in [0.717, 1.165) is 6.42 Å². The molecule has 2 heterocycles. The molecule has 5 heteroatoms. The van der Waals surface area contributed by atoms with Crippen LogP contribution in [0.1, 0.15) is 43.1 Å². The highest BCUT2D eigenvalue weighted by molar-refractivity contribution is 7.12. The van der Waals surface area contributed by atoms with Crippen molar-refractivity contribution in [3.05, 3.63) is 21.9 Å². The molecule has 1 fully saturated rings. The predicted molar refractivity (Wildman–Crippen MR) is 81.8 cm³/mol. The molecule has 0 aromatic carbocycles. The first-order valence-corrected chi connectivity index (χ1v) is 8.09. The maximum Gasteiger partial charge on any atom is 0.241 e. The minimum Gasteiger partial charge on any atom is -0.377 e. The Kier molecular flexibility index (Phi) is 5.18. The highest BCUT2D eigenvalue weighted by Gasteiger charge is 2.38. The van der Waals surface area contributed by atoms with Crippen molar-refractivity contribution in [1.82, 2.24) is 10.2 Å². The average Bonchev–Trinajstić information content (AvgIpc) is 2.94. The Morgan fingerprint density at radius 1 is 1.45 bits per heavy atom. The average molecular weight is 296 g/mol. The molecular weight excluding hydrogens is 272 g/mol. The summed E-state index contributed by atoms with van der Waals surface area (Å²) in [6, 6.07) is 4.15. The van der Waals surface area contributed by atoms with Gasteiger partial charge in [-0.15, -0.1) is 11.3 Å². The van der Waals surface area contributed by atoms with Gasteiger partial charge in [-0.1, -0.05) is 6.92 Å². The van der Waals surface area contributed by atoms with E-state index in [2.05, 4.69) is 24.4 Å².